The van der Waals surface area contributed by atoms with E-state index >= 15 is 0 Å². The largest absolute Gasteiger partial charge is 0.365 e. The van der Waals surface area contributed by atoms with E-state index in [1.54, 1.807) is 6.20 Å². The first-order valence-corrected chi connectivity index (χ1v) is 6.83. The Hall–Kier alpha value is -0.640. The predicted molar refractivity (Wildman–Crippen MR) is 71.6 cm³/mol. The number of aromatic nitrogens is 1. The Morgan fingerprint density at radius 3 is 2.65 bits per heavy atom. The number of nitrogens with zero attached hydrogens (tertiary/aromatic N) is 1. The summed E-state index contributed by atoms with van der Waals surface area (Å²) < 4.78 is 14.3. The van der Waals surface area contributed by atoms with E-state index in [1.807, 2.05) is 0 Å². The molecule has 0 spiro atoms. The summed E-state index contributed by atoms with van der Waals surface area (Å²) in [6.07, 6.45) is 6.16. The third kappa shape index (κ3) is 3.41. The van der Waals surface area contributed by atoms with Crippen LogP contribution in [0.2, 0.25) is 0 Å². The zero-order valence-electron chi connectivity index (χ0n) is 10.3. The normalized spacial score (nSPS) is 20.2. The van der Waals surface area contributed by atoms with Gasteiger partial charge in [-0.25, -0.2) is 9.37 Å². The first-order chi connectivity index (χ1) is 7.96. The van der Waals surface area contributed by atoms with Crippen molar-refractivity contribution in [1.82, 2.24) is 4.98 Å². The summed E-state index contributed by atoms with van der Waals surface area (Å²) in [5, 5.41) is 3.21. The number of halogens is 2. The molecule has 0 radical (unpaired) electrons. The van der Waals surface area contributed by atoms with Crippen molar-refractivity contribution in [3.05, 3.63) is 22.6 Å². The van der Waals surface area contributed by atoms with Crippen molar-refractivity contribution in [2.75, 3.05) is 5.32 Å². The maximum Gasteiger partial charge on any atom is 0.166 e. The van der Waals surface area contributed by atoms with Crippen molar-refractivity contribution in [3.8, 4) is 0 Å². The second kappa shape index (κ2) is 4.92. The van der Waals surface area contributed by atoms with Crippen LogP contribution in [0.15, 0.2) is 16.7 Å². The number of hydrogen-bond acceptors (Lipinski definition) is 2. The number of rotatable bonds is 2. The second-order valence-electron chi connectivity index (χ2n) is 5.57. The molecule has 17 heavy (non-hydrogen) atoms. The Kier molecular flexibility index (Phi) is 3.71. The van der Waals surface area contributed by atoms with Gasteiger partial charge in [0.25, 0.3) is 0 Å². The summed E-state index contributed by atoms with van der Waals surface area (Å²) >= 11 is 3.21. The minimum atomic E-state index is -0.288. The quantitative estimate of drug-likeness (QED) is 0.877. The maximum atomic E-state index is 13.6. The molecule has 0 aromatic carbocycles. The number of hydrogen-bond donors (Lipinski definition) is 1. The molecule has 2 nitrogen and oxygen atoms in total. The van der Waals surface area contributed by atoms with Crippen LogP contribution in [0.5, 0.6) is 0 Å². The first kappa shape index (κ1) is 12.8. The summed E-state index contributed by atoms with van der Waals surface area (Å²) in [4.78, 5) is 4.08. The van der Waals surface area contributed by atoms with E-state index in [2.05, 4.69) is 40.1 Å². The lowest BCUT2D eigenvalue weighted by atomic mass is 9.75. The van der Waals surface area contributed by atoms with E-state index in [1.165, 1.54) is 18.9 Å². The smallest absolute Gasteiger partial charge is 0.166 e. The van der Waals surface area contributed by atoms with E-state index in [4.69, 9.17) is 0 Å². The zero-order valence-corrected chi connectivity index (χ0v) is 11.8. The van der Waals surface area contributed by atoms with Crippen molar-refractivity contribution >= 4 is 21.7 Å². The van der Waals surface area contributed by atoms with Crippen molar-refractivity contribution in [2.24, 2.45) is 5.41 Å². The standard InChI is InChI=1S/C13H18BrFN2/c1-13(2)5-3-10(4-6-13)17-12-11(15)7-9(14)8-16-12/h7-8,10H,3-6H2,1-2H3,(H,16,17). The van der Waals surface area contributed by atoms with Crippen LogP contribution in [-0.2, 0) is 0 Å². The van der Waals surface area contributed by atoms with Gasteiger partial charge in [-0.05, 0) is 53.1 Å². The van der Waals surface area contributed by atoms with Gasteiger partial charge in [0.05, 0.1) is 0 Å². The molecule has 0 bridgehead atoms. The molecule has 1 heterocycles. The molecule has 0 aliphatic heterocycles. The van der Waals surface area contributed by atoms with Gasteiger partial charge in [0.1, 0.15) is 0 Å². The highest BCUT2D eigenvalue weighted by molar-refractivity contribution is 9.10. The van der Waals surface area contributed by atoms with E-state index in [0.717, 1.165) is 12.8 Å². The van der Waals surface area contributed by atoms with E-state index in [0.29, 0.717) is 21.7 Å². The van der Waals surface area contributed by atoms with Crippen LogP contribution in [0.4, 0.5) is 10.2 Å². The number of nitrogens with one attached hydrogen (secondary N) is 1. The topological polar surface area (TPSA) is 24.9 Å². The van der Waals surface area contributed by atoms with Crippen LogP contribution >= 0.6 is 15.9 Å². The van der Waals surface area contributed by atoms with E-state index in [9.17, 15) is 4.39 Å². The van der Waals surface area contributed by atoms with Crippen LogP contribution < -0.4 is 5.32 Å². The van der Waals surface area contributed by atoms with Crippen LogP contribution in [-0.4, -0.2) is 11.0 Å². The molecule has 4 heteroatoms. The van der Waals surface area contributed by atoms with E-state index in [-0.39, 0.29) is 5.82 Å². The Balaban J connectivity index is 1.98. The van der Waals surface area contributed by atoms with Crippen molar-refractivity contribution < 1.29 is 4.39 Å². The Bertz CT molecular complexity index is 396. The van der Waals surface area contributed by atoms with Crippen molar-refractivity contribution in [1.29, 1.82) is 0 Å². The fourth-order valence-corrected chi connectivity index (χ4v) is 2.56. The van der Waals surface area contributed by atoms with Gasteiger partial charge in [0.15, 0.2) is 11.6 Å². The summed E-state index contributed by atoms with van der Waals surface area (Å²) in [6.45, 7) is 4.59. The monoisotopic (exact) mass is 300 g/mol. The molecule has 0 saturated heterocycles. The summed E-state index contributed by atoms with van der Waals surface area (Å²) in [6, 6.07) is 1.80. The molecule has 94 valence electrons. The maximum absolute atomic E-state index is 13.6. The van der Waals surface area contributed by atoms with Gasteiger partial charge < -0.3 is 5.32 Å². The number of pyridine rings is 1. The molecule has 1 aromatic heterocycles. The summed E-state index contributed by atoms with van der Waals surface area (Å²) in [7, 11) is 0. The first-order valence-electron chi connectivity index (χ1n) is 6.04. The van der Waals surface area contributed by atoms with Gasteiger partial charge in [-0.15, -0.1) is 0 Å². The lowest BCUT2D eigenvalue weighted by molar-refractivity contribution is 0.232. The van der Waals surface area contributed by atoms with Gasteiger partial charge in [0.2, 0.25) is 0 Å². The highest BCUT2D eigenvalue weighted by Gasteiger charge is 2.27. The Morgan fingerprint density at radius 1 is 1.41 bits per heavy atom. The highest BCUT2D eigenvalue weighted by Crippen LogP contribution is 2.36. The van der Waals surface area contributed by atoms with Gasteiger partial charge in [-0.1, -0.05) is 13.8 Å². The molecule has 0 atom stereocenters. The summed E-state index contributed by atoms with van der Waals surface area (Å²) in [5.74, 6) is 0.0853. The van der Waals surface area contributed by atoms with Crippen LogP contribution in [0.25, 0.3) is 0 Å². The van der Waals surface area contributed by atoms with Crippen molar-refractivity contribution in [2.45, 2.75) is 45.6 Å². The van der Waals surface area contributed by atoms with Crippen molar-refractivity contribution in [3.63, 3.8) is 0 Å². The third-order valence-corrected chi connectivity index (χ3v) is 3.92. The molecular weight excluding hydrogens is 283 g/mol. The SMILES string of the molecule is CC1(C)CCC(Nc2ncc(Br)cc2F)CC1. The molecular formula is C13H18BrFN2. The number of anilines is 1. The third-order valence-electron chi connectivity index (χ3n) is 3.49. The molecule has 1 saturated carbocycles. The lowest BCUT2D eigenvalue weighted by Gasteiger charge is -2.34. The minimum absolute atomic E-state index is 0.288. The van der Waals surface area contributed by atoms with Crippen LogP contribution in [0.3, 0.4) is 0 Å². The summed E-state index contributed by atoms with van der Waals surface area (Å²) in [5.41, 5.74) is 0.434. The Labute approximate surface area is 110 Å². The van der Waals surface area contributed by atoms with Gasteiger partial charge in [0, 0.05) is 16.7 Å². The molecule has 0 unspecified atom stereocenters. The van der Waals surface area contributed by atoms with Gasteiger partial charge >= 0.3 is 0 Å². The average molecular weight is 301 g/mol. The second-order valence-corrected chi connectivity index (χ2v) is 6.48. The average Bonchev–Trinajstić information content (AvgIpc) is 2.25. The molecule has 1 fully saturated rings. The molecule has 1 aliphatic carbocycles. The van der Waals surface area contributed by atoms with Crippen LogP contribution in [0, 0.1) is 11.2 Å². The minimum Gasteiger partial charge on any atom is -0.365 e. The van der Waals surface area contributed by atoms with Crippen LogP contribution in [0.1, 0.15) is 39.5 Å². The molecule has 1 aliphatic rings. The molecule has 2 rings (SSSR count). The predicted octanol–water partition coefficient (Wildman–Crippen LogP) is 4.36. The fraction of sp³-hybridized carbons (Fsp3) is 0.615. The zero-order chi connectivity index (χ0) is 12.5. The highest BCUT2D eigenvalue weighted by atomic mass is 79.9. The van der Waals surface area contributed by atoms with Gasteiger partial charge in [-0.2, -0.15) is 0 Å². The molecule has 1 N–H and O–H groups in total. The molecule has 0 amide bonds. The van der Waals surface area contributed by atoms with Gasteiger partial charge in [-0.3, -0.25) is 0 Å². The Morgan fingerprint density at radius 2 is 2.06 bits per heavy atom. The van der Waals surface area contributed by atoms with E-state index < -0.39 is 0 Å². The fourth-order valence-electron chi connectivity index (χ4n) is 2.26. The molecule has 1 aromatic rings. The lowest BCUT2D eigenvalue weighted by Crippen LogP contribution is -2.30.